The van der Waals surface area contributed by atoms with Gasteiger partial charge in [0.05, 0.1) is 5.56 Å². The third kappa shape index (κ3) is 3.54. The lowest BCUT2D eigenvalue weighted by Crippen LogP contribution is -2.19. The SMILES string of the molecule is CSc1c[nH]cc1C(=O)c1cc(C(C)(C)C)c(O)c(C(C)(C)C)c1. The number of aromatic amines is 1. The highest BCUT2D eigenvalue weighted by Gasteiger charge is 2.28. The van der Waals surface area contributed by atoms with Gasteiger partial charge in [0.2, 0.25) is 0 Å². The van der Waals surface area contributed by atoms with E-state index in [1.807, 2.05) is 66.1 Å². The average Bonchev–Trinajstić information content (AvgIpc) is 2.92. The average molecular weight is 346 g/mol. The van der Waals surface area contributed by atoms with Crippen molar-refractivity contribution in [1.82, 2.24) is 4.98 Å². The number of ketones is 1. The van der Waals surface area contributed by atoms with E-state index < -0.39 is 0 Å². The van der Waals surface area contributed by atoms with Gasteiger partial charge in [-0.1, -0.05) is 41.5 Å². The lowest BCUT2D eigenvalue weighted by molar-refractivity contribution is 0.103. The smallest absolute Gasteiger partial charge is 0.195 e. The van der Waals surface area contributed by atoms with Crippen molar-refractivity contribution in [3.05, 3.63) is 46.8 Å². The van der Waals surface area contributed by atoms with Crippen molar-refractivity contribution in [2.24, 2.45) is 0 Å². The van der Waals surface area contributed by atoms with E-state index in [0.717, 1.165) is 16.0 Å². The monoisotopic (exact) mass is 345 g/mol. The Hall–Kier alpha value is -1.68. The van der Waals surface area contributed by atoms with Crippen LogP contribution in [0.4, 0.5) is 0 Å². The molecule has 0 fully saturated rings. The molecule has 1 heterocycles. The van der Waals surface area contributed by atoms with E-state index in [-0.39, 0.29) is 16.6 Å². The molecule has 2 rings (SSSR count). The zero-order chi connectivity index (χ0) is 18.3. The molecule has 1 aromatic heterocycles. The summed E-state index contributed by atoms with van der Waals surface area (Å²) < 4.78 is 0. The minimum atomic E-state index is -0.249. The highest BCUT2D eigenvalue weighted by atomic mass is 32.2. The summed E-state index contributed by atoms with van der Waals surface area (Å²) in [5.74, 6) is 0.280. The van der Waals surface area contributed by atoms with Crippen molar-refractivity contribution in [2.75, 3.05) is 6.26 Å². The molecule has 130 valence electrons. The lowest BCUT2D eigenvalue weighted by atomic mass is 9.78. The molecule has 0 aliphatic heterocycles. The summed E-state index contributed by atoms with van der Waals surface area (Å²) in [5, 5.41) is 10.8. The lowest BCUT2D eigenvalue weighted by Gasteiger charge is -2.28. The fraction of sp³-hybridized carbons (Fsp3) is 0.450. The highest BCUT2D eigenvalue weighted by molar-refractivity contribution is 7.98. The van der Waals surface area contributed by atoms with Crippen LogP contribution in [0.5, 0.6) is 5.75 Å². The van der Waals surface area contributed by atoms with Crippen LogP contribution in [0.1, 0.15) is 68.6 Å². The topological polar surface area (TPSA) is 53.1 Å². The van der Waals surface area contributed by atoms with E-state index in [0.29, 0.717) is 16.9 Å². The molecule has 0 spiro atoms. The molecule has 0 amide bonds. The number of carbonyl (C=O) groups excluding carboxylic acids is 1. The Morgan fingerprint density at radius 2 is 1.50 bits per heavy atom. The van der Waals surface area contributed by atoms with E-state index in [1.165, 1.54) is 0 Å². The van der Waals surface area contributed by atoms with Gasteiger partial charge in [0, 0.05) is 34.0 Å². The van der Waals surface area contributed by atoms with Crippen molar-refractivity contribution in [3.63, 3.8) is 0 Å². The van der Waals surface area contributed by atoms with Gasteiger partial charge in [-0.25, -0.2) is 0 Å². The number of hydrogen-bond donors (Lipinski definition) is 2. The first kappa shape index (κ1) is 18.7. The standard InChI is InChI=1S/C20H27NO2S/c1-19(2,3)14-8-12(9-15(18(14)23)20(4,5)6)17(22)13-10-21-11-16(13)24-7/h8-11,21,23H,1-7H3. The molecule has 0 radical (unpaired) electrons. The summed E-state index contributed by atoms with van der Waals surface area (Å²) in [5.41, 5.74) is 2.41. The van der Waals surface area contributed by atoms with Crippen LogP contribution in [0.25, 0.3) is 0 Å². The molecule has 24 heavy (non-hydrogen) atoms. The first-order valence-corrected chi connectivity index (χ1v) is 9.32. The molecule has 2 aromatic rings. The first-order chi connectivity index (χ1) is 11.0. The fourth-order valence-electron chi connectivity index (χ4n) is 2.76. The molecule has 0 bridgehead atoms. The zero-order valence-corrected chi connectivity index (χ0v) is 16.4. The van der Waals surface area contributed by atoms with E-state index >= 15 is 0 Å². The van der Waals surface area contributed by atoms with Crippen molar-refractivity contribution < 1.29 is 9.90 Å². The van der Waals surface area contributed by atoms with E-state index in [2.05, 4.69) is 4.98 Å². The Morgan fingerprint density at radius 3 is 1.92 bits per heavy atom. The molecule has 0 aliphatic carbocycles. The summed E-state index contributed by atoms with van der Waals surface area (Å²) in [6, 6.07) is 3.67. The van der Waals surface area contributed by atoms with Crippen LogP contribution in [-0.4, -0.2) is 22.1 Å². The van der Waals surface area contributed by atoms with Crippen LogP contribution in [0.2, 0.25) is 0 Å². The number of rotatable bonds is 3. The highest BCUT2D eigenvalue weighted by Crippen LogP contribution is 2.40. The van der Waals surface area contributed by atoms with Gasteiger partial charge in [-0.2, -0.15) is 0 Å². The molecule has 0 unspecified atom stereocenters. The molecule has 4 heteroatoms. The summed E-state index contributed by atoms with van der Waals surface area (Å²) in [6.07, 6.45) is 5.54. The first-order valence-electron chi connectivity index (χ1n) is 8.10. The molecule has 0 aliphatic rings. The van der Waals surface area contributed by atoms with Crippen LogP contribution in [0.3, 0.4) is 0 Å². The van der Waals surface area contributed by atoms with E-state index in [1.54, 1.807) is 18.0 Å². The number of aromatic nitrogens is 1. The van der Waals surface area contributed by atoms with Crippen LogP contribution in [-0.2, 0) is 10.8 Å². The molecule has 0 atom stereocenters. The summed E-state index contributed by atoms with van der Waals surface area (Å²) >= 11 is 1.55. The minimum Gasteiger partial charge on any atom is -0.507 e. The fourth-order valence-corrected chi connectivity index (χ4v) is 3.32. The van der Waals surface area contributed by atoms with Crippen LogP contribution < -0.4 is 0 Å². The third-order valence-corrected chi connectivity index (χ3v) is 4.94. The number of thioether (sulfide) groups is 1. The predicted molar refractivity (Wildman–Crippen MR) is 102 cm³/mol. The molecule has 1 aromatic carbocycles. The zero-order valence-electron chi connectivity index (χ0n) is 15.6. The predicted octanol–water partition coefficient (Wildman–Crippen LogP) is 5.27. The molecular formula is C20H27NO2S. The number of H-pyrrole nitrogens is 1. The maximum absolute atomic E-state index is 13.0. The van der Waals surface area contributed by atoms with Crippen molar-refractivity contribution in [3.8, 4) is 5.75 Å². The molecule has 2 N–H and O–H groups in total. The maximum Gasteiger partial charge on any atom is 0.195 e. The number of benzene rings is 1. The summed E-state index contributed by atoms with van der Waals surface area (Å²) in [7, 11) is 0. The van der Waals surface area contributed by atoms with E-state index in [4.69, 9.17) is 0 Å². The molecule has 0 saturated heterocycles. The third-order valence-electron chi connectivity index (χ3n) is 4.16. The molecule has 3 nitrogen and oxygen atoms in total. The van der Waals surface area contributed by atoms with E-state index in [9.17, 15) is 9.90 Å². The second kappa shape index (κ2) is 6.32. The number of aromatic hydroxyl groups is 1. The number of carbonyl (C=O) groups is 1. The Balaban J connectivity index is 2.69. The van der Waals surface area contributed by atoms with Gasteiger partial charge < -0.3 is 10.1 Å². The number of hydrogen-bond acceptors (Lipinski definition) is 3. The van der Waals surface area contributed by atoms with Crippen molar-refractivity contribution in [2.45, 2.75) is 57.3 Å². The second-order valence-corrected chi connectivity index (χ2v) is 9.03. The molecule has 0 saturated carbocycles. The van der Waals surface area contributed by atoms with Gasteiger partial charge in [0.1, 0.15) is 5.75 Å². The van der Waals surface area contributed by atoms with Gasteiger partial charge in [-0.05, 0) is 29.2 Å². The number of phenols is 1. The number of nitrogens with one attached hydrogen (secondary N) is 1. The number of phenolic OH excluding ortho intramolecular Hbond substituents is 1. The van der Waals surface area contributed by atoms with Gasteiger partial charge in [-0.3, -0.25) is 4.79 Å². The van der Waals surface area contributed by atoms with Gasteiger partial charge in [-0.15, -0.1) is 11.8 Å². The van der Waals surface area contributed by atoms with Gasteiger partial charge >= 0.3 is 0 Å². The van der Waals surface area contributed by atoms with Crippen LogP contribution in [0.15, 0.2) is 29.4 Å². The maximum atomic E-state index is 13.0. The Morgan fingerprint density at radius 1 is 1.00 bits per heavy atom. The second-order valence-electron chi connectivity index (χ2n) is 8.19. The van der Waals surface area contributed by atoms with Crippen LogP contribution >= 0.6 is 11.8 Å². The molecular weight excluding hydrogens is 318 g/mol. The summed E-state index contributed by atoms with van der Waals surface area (Å²) in [4.78, 5) is 17.0. The Labute approximate surface area is 148 Å². The van der Waals surface area contributed by atoms with Crippen molar-refractivity contribution >= 4 is 17.5 Å². The Kier molecular flexibility index (Phi) is 4.91. The largest absolute Gasteiger partial charge is 0.507 e. The quantitative estimate of drug-likeness (QED) is 0.589. The Bertz CT molecular complexity index is 726. The van der Waals surface area contributed by atoms with Gasteiger partial charge in [0.25, 0.3) is 0 Å². The summed E-state index contributed by atoms with van der Waals surface area (Å²) in [6.45, 7) is 12.3. The van der Waals surface area contributed by atoms with Gasteiger partial charge in [0.15, 0.2) is 5.78 Å². The van der Waals surface area contributed by atoms with Crippen molar-refractivity contribution in [1.29, 1.82) is 0 Å². The minimum absolute atomic E-state index is 0.0170. The van der Waals surface area contributed by atoms with Crippen LogP contribution in [0, 0.1) is 0 Å². The normalized spacial score (nSPS) is 12.5.